The van der Waals surface area contributed by atoms with Crippen LogP contribution >= 0.6 is 22.6 Å². The SMILES string of the molecule is CC(C)(C)OC(=O)N1CCC(CC(N)C(CI)(C2CCN(C(=O)OC(C)(C)C)CC2)C2CCN(C(=O)OC(C)(C)C)CC2)CC1. The van der Waals surface area contributed by atoms with E-state index in [9.17, 15) is 14.4 Å². The minimum atomic E-state index is -0.524. The fourth-order valence-electron chi connectivity index (χ4n) is 7.36. The maximum absolute atomic E-state index is 12.9. The molecular formula is C34H61IN4O6. The molecule has 260 valence electrons. The summed E-state index contributed by atoms with van der Waals surface area (Å²) in [5.41, 5.74) is 5.69. The summed E-state index contributed by atoms with van der Waals surface area (Å²) in [6.45, 7) is 21.1. The molecule has 3 aliphatic rings. The van der Waals surface area contributed by atoms with Crippen molar-refractivity contribution in [2.24, 2.45) is 28.9 Å². The van der Waals surface area contributed by atoms with Gasteiger partial charge in [0, 0.05) is 55.2 Å². The van der Waals surface area contributed by atoms with Crippen molar-refractivity contribution in [2.45, 2.75) is 130 Å². The van der Waals surface area contributed by atoms with E-state index in [0.29, 0.717) is 57.0 Å². The molecule has 11 heteroatoms. The third-order valence-electron chi connectivity index (χ3n) is 9.59. The average Bonchev–Trinajstić information content (AvgIpc) is 2.92. The lowest BCUT2D eigenvalue weighted by atomic mass is 9.57. The number of alkyl halides is 1. The van der Waals surface area contributed by atoms with Gasteiger partial charge in [-0.2, -0.15) is 0 Å². The predicted octanol–water partition coefficient (Wildman–Crippen LogP) is 7.07. The quantitative estimate of drug-likeness (QED) is 0.176. The highest BCUT2D eigenvalue weighted by Crippen LogP contribution is 2.51. The Bertz CT molecular complexity index is 948. The monoisotopic (exact) mass is 748 g/mol. The molecule has 3 fully saturated rings. The zero-order valence-electron chi connectivity index (χ0n) is 29.5. The van der Waals surface area contributed by atoms with Crippen LogP contribution in [0.4, 0.5) is 14.4 Å². The van der Waals surface area contributed by atoms with E-state index in [1.165, 1.54) is 0 Å². The zero-order valence-corrected chi connectivity index (χ0v) is 31.6. The van der Waals surface area contributed by atoms with Crippen molar-refractivity contribution in [3.8, 4) is 0 Å². The van der Waals surface area contributed by atoms with Crippen LogP contribution in [0.3, 0.4) is 0 Å². The average molecular weight is 749 g/mol. The smallest absolute Gasteiger partial charge is 0.410 e. The van der Waals surface area contributed by atoms with Gasteiger partial charge in [-0.25, -0.2) is 14.4 Å². The van der Waals surface area contributed by atoms with Gasteiger partial charge in [-0.1, -0.05) is 22.6 Å². The molecule has 0 aromatic carbocycles. The third-order valence-corrected chi connectivity index (χ3v) is 10.9. The summed E-state index contributed by atoms with van der Waals surface area (Å²) in [7, 11) is 0. The molecule has 2 N–H and O–H groups in total. The van der Waals surface area contributed by atoms with Crippen LogP contribution in [-0.4, -0.2) is 99.5 Å². The number of carbonyl (C=O) groups excluding carboxylic acids is 3. The Balaban J connectivity index is 1.74. The summed E-state index contributed by atoms with van der Waals surface area (Å²) in [4.78, 5) is 44.0. The first-order valence-electron chi connectivity index (χ1n) is 17.0. The molecule has 0 aromatic heterocycles. The van der Waals surface area contributed by atoms with Crippen LogP contribution in [0.25, 0.3) is 0 Å². The molecule has 0 bridgehead atoms. The van der Waals surface area contributed by atoms with Gasteiger partial charge in [-0.05, 0) is 125 Å². The fraction of sp³-hybridized carbons (Fsp3) is 0.912. The molecule has 3 amide bonds. The first-order chi connectivity index (χ1) is 20.7. The summed E-state index contributed by atoms with van der Waals surface area (Å²) in [6.07, 6.45) is 5.57. The van der Waals surface area contributed by atoms with Gasteiger partial charge in [0.25, 0.3) is 0 Å². The second-order valence-electron chi connectivity index (χ2n) is 16.5. The third kappa shape index (κ3) is 10.8. The molecule has 3 saturated heterocycles. The topological polar surface area (TPSA) is 115 Å². The lowest BCUT2D eigenvalue weighted by Gasteiger charge is -2.54. The van der Waals surface area contributed by atoms with Crippen molar-refractivity contribution in [3.63, 3.8) is 0 Å². The Morgan fingerprint density at radius 3 is 1.18 bits per heavy atom. The number of halogens is 1. The number of likely N-dealkylation sites (tertiary alicyclic amines) is 3. The van der Waals surface area contributed by atoms with Gasteiger partial charge >= 0.3 is 18.3 Å². The Morgan fingerprint density at radius 2 is 0.911 bits per heavy atom. The summed E-state index contributed by atoms with van der Waals surface area (Å²) in [5.74, 6) is 1.16. The molecular weight excluding hydrogens is 687 g/mol. The van der Waals surface area contributed by atoms with Gasteiger partial charge in [0.1, 0.15) is 16.8 Å². The van der Waals surface area contributed by atoms with Crippen molar-refractivity contribution in [2.75, 3.05) is 43.7 Å². The number of ether oxygens (including phenoxy) is 3. The van der Waals surface area contributed by atoms with E-state index in [4.69, 9.17) is 19.9 Å². The molecule has 45 heavy (non-hydrogen) atoms. The Kier molecular flexibility index (Phi) is 12.8. The van der Waals surface area contributed by atoms with Crippen LogP contribution < -0.4 is 5.73 Å². The minimum absolute atomic E-state index is 0.0244. The van der Waals surface area contributed by atoms with Gasteiger partial charge in [0.2, 0.25) is 0 Å². The maximum Gasteiger partial charge on any atom is 0.410 e. The minimum Gasteiger partial charge on any atom is -0.444 e. The van der Waals surface area contributed by atoms with Crippen LogP contribution in [0, 0.1) is 23.2 Å². The molecule has 10 nitrogen and oxygen atoms in total. The van der Waals surface area contributed by atoms with Gasteiger partial charge in [0.05, 0.1) is 0 Å². The van der Waals surface area contributed by atoms with Crippen LogP contribution in [0.2, 0.25) is 0 Å². The highest BCUT2D eigenvalue weighted by molar-refractivity contribution is 14.1. The Labute approximate surface area is 285 Å². The first kappa shape index (κ1) is 38.0. The standard InChI is InChI=1S/C34H61IN4O6/c1-31(2,3)43-28(40)37-16-10-24(11-17-37)22-27(36)34(23-35,25-12-18-38(19-13-25)29(41)44-32(4,5)6)26-14-20-39(21-15-26)30(42)45-33(7,8)9/h24-27H,10-23,36H2,1-9H3. The van der Waals surface area contributed by atoms with Gasteiger partial charge in [-0.15, -0.1) is 0 Å². The second-order valence-corrected chi connectivity index (χ2v) is 17.2. The van der Waals surface area contributed by atoms with Crippen LogP contribution in [0.15, 0.2) is 0 Å². The molecule has 1 unspecified atom stereocenters. The summed E-state index contributed by atoms with van der Waals surface area (Å²) >= 11 is 2.55. The molecule has 0 radical (unpaired) electrons. The number of carbonyl (C=O) groups is 3. The van der Waals surface area contributed by atoms with E-state index in [1.54, 1.807) is 0 Å². The van der Waals surface area contributed by atoms with Gasteiger partial charge < -0.3 is 34.6 Å². The predicted molar refractivity (Wildman–Crippen MR) is 186 cm³/mol. The zero-order chi connectivity index (χ0) is 33.8. The van der Waals surface area contributed by atoms with E-state index in [0.717, 1.165) is 49.4 Å². The van der Waals surface area contributed by atoms with Crippen LogP contribution in [0.1, 0.15) is 107 Å². The largest absolute Gasteiger partial charge is 0.444 e. The fourth-order valence-corrected chi connectivity index (χ4v) is 9.18. The lowest BCUT2D eigenvalue weighted by molar-refractivity contribution is -0.0283. The normalized spacial score (nSPS) is 21.0. The number of hydrogen-bond donors (Lipinski definition) is 1. The Hall–Kier alpha value is -1.50. The number of piperidine rings is 3. The number of rotatable bonds is 6. The van der Waals surface area contributed by atoms with Crippen LogP contribution in [0.5, 0.6) is 0 Å². The molecule has 0 spiro atoms. The molecule has 1 atom stereocenters. The summed E-state index contributed by atoms with van der Waals surface area (Å²) in [5, 5.41) is 0. The van der Waals surface area contributed by atoms with Crippen LogP contribution in [-0.2, 0) is 14.2 Å². The first-order valence-corrected chi connectivity index (χ1v) is 18.5. The molecule has 0 saturated carbocycles. The highest BCUT2D eigenvalue weighted by Gasteiger charge is 2.51. The highest BCUT2D eigenvalue weighted by atomic mass is 127. The van der Waals surface area contributed by atoms with Gasteiger partial charge in [0.15, 0.2) is 0 Å². The molecule has 0 aromatic rings. The lowest BCUT2D eigenvalue weighted by Crippen LogP contribution is -2.59. The Morgan fingerprint density at radius 1 is 0.622 bits per heavy atom. The summed E-state index contributed by atoms with van der Waals surface area (Å²) in [6, 6.07) is -0.0244. The van der Waals surface area contributed by atoms with Gasteiger partial charge in [-0.3, -0.25) is 0 Å². The van der Waals surface area contributed by atoms with E-state index < -0.39 is 16.8 Å². The molecule has 0 aliphatic carbocycles. The van der Waals surface area contributed by atoms with Crippen molar-refractivity contribution in [3.05, 3.63) is 0 Å². The van der Waals surface area contributed by atoms with E-state index >= 15 is 0 Å². The molecule has 3 heterocycles. The van der Waals surface area contributed by atoms with E-state index in [-0.39, 0.29) is 29.7 Å². The number of nitrogens with two attached hydrogens (primary N) is 1. The van der Waals surface area contributed by atoms with Crippen molar-refractivity contribution < 1.29 is 28.6 Å². The number of nitrogens with zero attached hydrogens (tertiary/aromatic N) is 3. The summed E-state index contributed by atoms with van der Waals surface area (Å²) < 4.78 is 17.9. The van der Waals surface area contributed by atoms with Crippen molar-refractivity contribution in [1.29, 1.82) is 0 Å². The van der Waals surface area contributed by atoms with E-state index in [2.05, 4.69) is 22.6 Å². The molecule has 3 rings (SSSR count). The van der Waals surface area contributed by atoms with Crippen molar-refractivity contribution >= 4 is 40.9 Å². The van der Waals surface area contributed by atoms with Crippen molar-refractivity contribution in [1.82, 2.24) is 14.7 Å². The molecule has 3 aliphatic heterocycles. The number of hydrogen-bond acceptors (Lipinski definition) is 7. The maximum atomic E-state index is 12.9. The van der Waals surface area contributed by atoms with E-state index in [1.807, 2.05) is 77.0 Å². The number of amides is 3. The second kappa shape index (κ2) is 15.2.